The highest BCUT2D eigenvalue weighted by atomic mass is 16.7. The molecular weight excluding hydrogens is 333 g/mol. The van der Waals surface area contributed by atoms with Crippen molar-refractivity contribution in [3.8, 4) is 0 Å². The summed E-state index contributed by atoms with van der Waals surface area (Å²) in [7, 11) is 0.755. The molecule has 2 aliphatic heterocycles. The standard InChI is InChI=1S/C19H26BNO5/c1-18(2)19(3,4)26-20(25-18)15-11-13(17(23)24-5)8-9-14(15)12-21-10-6-7-16(21)22/h8-9,11H,6-7,10,12H2,1-5H3. The van der Waals surface area contributed by atoms with Crippen LogP contribution in [0.15, 0.2) is 18.2 Å². The lowest BCUT2D eigenvalue weighted by Crippen LogP contribution is -2.41. The largest absolute Gasteiger partial charge is 0.495 e. The number of likely N-dealkylation sites (tertiary alicyclic amines) is 1. The highest BCUT2D eigenvalue weighted by molar-refractivity contribution is 6.62. The van der Waals surface area contributed by atoms with Gasteiger partial charge in [-0.15, -0.1) is 0 Å². The highest BCUT2D eigenvalue weighted by Crippen LogP contribution is 2.36. The topological polar surface area (TPSA) is 65.1 Å². The van der Waals surface area contributed by atoms with E-state index in [0.717, 1.165) is 24.0 Å². The molecule has 6 nitrogen and oxygen atoms in total. The van der Waals surface area contributed by atoms with E-state index in [1.165, 1.54) is 7.11 Å². The molecule has 2 heterocycles. The van der Waals surface area contributed by atoms with Crippen molar-refractivity contribution in [2.45, 2.75) is 58.3 Å². The average Bonchev–Trinajstić information content (AvgIpc) is 3.07. The average molecular weight is 359 g/mol. The van der Waals surface area contributed by atoms with Crippen LogP contribution in [-0.4, -0.2) is 48.8 Å². The summed E-state index contributed by atoms with van der Waals surface area (Å²) in [6.45, 7) is 9.18. The number of carbonyl (C=O) groups is 2. The zero-order valence-electron chi connectivity index (χ0n) is 16.1. The van der Waals surface area contributed by atoms with Gasteiger partial charge in [0.05, 0.1) is 23.9 Å². The van der Waals surface area contributed by atoms with E-state index in [-0.39, 0.29) is 5.91 Å². The smallest absolute Gasteiger partial charge is 0.465 e. The first kappa shape index (κ1) is 18.9. The first-order valence-electron chi connectivity index (χ1n) is 8.99. The summed E-state index contributed by atoms with van der Waals surface area (Å²) in [5.74, 6) is -0.256. The number of rotatable bonds is 4. The number of carbonyl (C=O) groups excluding carboxylic acids is 2. The normalized spacial score (nSPS) is 21.3. The number of amides is 1. The third kappa shape index (κ3) is 3.38. The van der Waals surface area contributed by atoms with Gasteiger partial charge in [0.25, 0.3) is 0 Å². The quantitative estimate of drug-likeness (QED) is 0.607. The Morgan fingerprint density at radius 3 is 2.42 bits per heavy atom. The molecule has 2 fully saturated rings. The molecule has 0 radical (unpaired) electrons. The molecular formula is C19H26BNO5. The Labute approximate surface area is 154 Å². The van der Waals surface area contributed by atoms with Crippen LogP contribution in [0.2, 0.25) is 0 Å². The fraction of sp³-hybridized carbons (Fsp3) is 0.579. The minimum atomic E-state index is -0.600. The van der Waals surface area contributed by atoms with Crippen LogP contribution in [0.4, 0.5) is 0 Å². The second-order valence-electron chi connectivity index (χ2n) is 7.91. The van der Waals surface area contributed by atoms with Crippen LogP contribution in [0.5, 0.6) is 0 Å². The molecule has 2 aliphatic rings. The number of esters is 1. The number of nitrogens with zero attached hydrogens (tertiary/aromatic N) is 1. The van der Waals surface area contributed by atoms with Crippen molar-refractivity contribution in [1.29, 1.82) is 0 Å². The summed E-state index contributed by atoms with van der Waals surface area (Å²) >= 11 is 0. The molecule has 1 amide bonds. The van der Waals surface area contributed by atoms with E-state index >= 15 is 0 Å². The molecule has 0 aromatic heterocycles. The maximum atomic E-state index is 12.0. The van der Waals surface area contributed by atoms with E-state index in [4.69, 9.17) is 14.0 Å². The molecule has 26 heavy (non-hydrogen) atoms. The summed E-state index contributed by atoms with van der Waals surface area (Å²) in [5, 5.41) is 0. The van der Waals surface area contributed by atoms with Crippen molar-refractivity contribution in [3.05, 3.63) is 29.3 Å². The molecule has 0 atom stereocenters. The fourth-order valence-corrected chi connectivity index (χ4v) is 3.25. The lowest BCUT2D eigenvalue weighted by atomic mass is 9.75. The van der Waals surface area contributed by atoms with Crippen LogP contribution in [-0.2, 0) is 25.4 Å². The Balaban J connectivity index is 1.97. The molecule has 7 heteroatoms. The van der Waals surface area contributed by atoms with Crippen LogP contribution in [0.3, 0.4) is 0 Å². The van der Waals surface area contributed by atoms with Crippen molar-refractivity contribution in [1.82, 2.24) is 4.90 Å². The maximum absolute atomic E-state index is 12.0. The third-order valence-corrected chi connectivity index (χ3v) is 5.61. The van der Waals surface area contributed by atoms with Gasteiger partial charge in [0, 0.05) is 19.5 Å². The molecule has 1 aromatic rings. The molecule has 140 valence electrons. The van der Waals surface area contributed by atoms with Crippen molar-refractivity contribution >= 4 is 24.5 Å². The summed E-state index contributed by atoms with van der Waals surface area (Å²) in [5.41, 5.74) is 1.16. The van der Waals surface area contributed by atoms with E-state index in [1.807, 2.05) is 38.7 Å². The van der Waals surface area contributed by atoms with E-state index in [1.54, 1.807) is 12.1 Å². The van der Waals surface area contributed by atoms with E-state index in [2.05, 4.69) is 0 Å². The van der Waals surface area contributed by atoms with Crippen LogP contribution in [0.1, 0.15) is 56.5 Å². The van der Waals surface area contributed by atoms with Gasteiger partial charge in [-0.05, 0) is 57.3 Å². The number of hydrogen-bond acceptors (Lipinski definition) is 5. The second kappa shape index (κ2) is 6.70. The minimum absolute atomic E-state index is 0.155. The van der Waals surface area contributed by atoms with Crippen molar-refractivity contribution in [2.24, 2.45) is 0 Å². The van der Waals surface area contributed by atoms with Gasteiger partial charge in [0.15, 0.2) is 0 Å². The van der Waals surface area contributed by atoms with Crippen LogP contribution in [0.25, 0.3) is 0 Å². The van der Waals surface area contributed by atoms with E-state index in [9.17, 15) is 9.59 Å². The molecule has 0 unspecified atom stereocenters. The zero-order valence-corrected chi connectivity index (χ0v) is 16.1. The molecule has 1 aromatic carbocycles. The van der Waals surface area contributed by atoms with Crippen molar-refractivity contribution in [3.63, 3.8) is 0 Å². The monoisotopic (exact) mass is 359 g/mol. The molecule has 0 saturated carbocycles. The lowest BCUT2D eigenvalue weighted by molar-refractivity contribution is -0.128. The molecule has 0 aliphatic carbocycles. The number of benzene rings is 1. The van der Waals surface area contributed by atoms with E-state index < -0.39 is 24.3 Å². The number of hydrogen-bond donors (Lipinski definition) is 0. The van der Waals surface area contributed by atoms with Gasteiger partial charge in [-0.1, -0.05) is 6.07 Å². The number of methoxy groups -OCH3 is 1. The SMILES string of the molecule is COC(=O)c1ccc(CN2CCCC2=O)c(B2OC(C)(C)C(C)(C)O2)c1. The van der Waals surface area contributed by atoms with Gasteiger partial charge in [0.1, 0.15) is 0 Å². The van der Waals surface area contributed by atoms with Gasteiger partial charge >= 0.3 is 13.1 Å². The van der Waals surface area contributed by atoms with Crippen LogP contribution in [0, 0.1) is 0 Å². The van der Waals surface area contributed by atoms with Gasteiger partial charge in [-0.25, -0.2) is 4.79 Å². The Kier molecular flexibility index (Phi) is 4.88. The highest BCUT2D eigenvalue weighted by Gasteiger charge is 2.52. The summed E-state index contributed by atoms with van der Waals surface area (Å²) in [6.07, 6.45) is 1.47. The Hall–Kier alpha value is -1.86. The van der Waals surface area contributed by atoms with E-state index in [0.29, 0.717) is 18.5 Å². The molecule has 2 saturated heterocycles. The minimum Gasteiger partial charge on any atom is -0.465 e. The molecule has 3 rings (SSSR count). The third-order valence-electron chi connectivity index (χ3n) is 5.61. The maximum Gasteiger partial charge on any atom is 0.495 e. The first-order valence-corrected chi connectivity index (χ1v) is 8.99. The second-order valence-corrected chi connectivity index (χ2v) is 7.91. The predicted molar refractivity (Wildman–Crippen MR) is 98.1 cm³/mol. The lowest BCUT2D eigenvalue weighted by Gasteiger charge is -2.32. The summed E-state index contributed by atoms with van der Waals surface area (Å²) < 4.78 is 17.2. The number of ether oxygens (including phenoxy) is 1. The summed E-state index contributed by atoms with van der Waals surface area (Å²) in [4.78, 5) is 25.8. The van der Waals surface area contributed by atoms with Crippen molar-refractivity contribution < 1.29 is 23.6 Å². The summed E-state index contributed by atoms with van der Waals surface area (Å²) in [6, 6.07) is 5.33. The Bertz CT molecular complexity index is 715. The van der Waals surface area contributed by atoms with Crippen LogP contribution < -0.4 is 5.46 Å². The van der Waals surface area contributed by atoms with Gasteiger partial charge in [0.2, 0.25) is 5.91 Å². The predicted octanol–water partition coefficient (Wildman–Crippen LogP) is 1.89. The fourth-order valence-electron chi connectivity index (χ4n) is 3.25. The van der Waals surface area contributed by atoms with Crippen LogP contribution >= 0.6 is 0 Å². The Morgan fingerprint density at radius 2 is 1.88 bits per heavy atom. The molecule has 0 N–H and O–H groups in total. The van der Waals surface area contributed by atoms with Gasteiger partial charge < -0.3 is 18.9 Å². The zero-order chi connectivity index (χ0) is 19.1. The molecule has 0 bridgehead atoms. The van der Waals surface area contributed by atoms with Gasteiger partial charge in [-0.2, -0.15) is 0 Å². The first-order chi connectivity index (χ1) is 12.1. The molecule has 0 spiro atoms. The van der Waals surface area contributed by atoms with Gasteiger partial charge in [-0.3, -0.25) is 4.79 Å². The van der Waals surface area contributed by atoms with Crippen molar-refractivity contribution in [2.75, 3.05) is 13.7 Å². The Morgan fingerprint density at radius 1 is 1.23 bits per heavy atom.